The zero-order chi connectivity index (χ0) is 24.9. The summed E-state index contributed by atoms with van der Waals surface area (Å²) >= 11 is 0. The Morgan fingerprint density at radius 1 is 0.771 bits per heavy atom. The number of rotatable bonds is 8. The molecule has 0 spiro atoms. The Bertz CT molecular complexity index is 1300. The molecule has 0 aliphatic carbocycles. The summed E-state index contributed by atoms with van der Waals surface area (Å²) in [4.78, 5) is 0. The van der Waals surface area contributed by atoms with Crippen LogP contribution in [0.3, 0.4) is 0 Å². The predicted molar refractivity (Wildman–Crippen MR) is 129 cm³/mol. The molecule has 0 amide bonds. The first-order valence-corrected chi connectivity index (χ1v) is 11.3. The van der Waals surface area contributed by atoms with E-state index in [4.69, 9.17) is 4.74 Å². The van der Waals surface area contributed by atoms with Crippen LogP contribution in [0.5, 0.6) is 11.5 Å². The molecular formula is C29H25F3O3. The lowest BCUT2D eigenvalue weighted by Gasteiger charge is -2.13. The van der Waals surface area contributed by atoms with E-state index >= 15 is 0 Å². The average Bonchev–Trinajstić information content (AvgIpc) is 2.87. The molecule has 4 aromatic rings. The maximum absolute atomic E-state index is 14.8. The van der Waals surface area contributed by atoms with Crippen molar-refractivity contribution in [2.45, 2.75) is 32.5 Å². The van der Waals surface area contributed by atoms with Crippen molar-refractivity contribution in [1.29, 1.82) is 0 Å². The molecule has 0 aliphatic rings. The van der Waals surface area contributed by atoms with Gasteiger partial charge in [-0.05, 0) is 52.9 Å². The van der Waals surface area contributed by atoms with Gasteiger partial charge in [0.15, 0.2) is 23.2 Å². The fraction of sp³-hybridized carbons (Fsp3) is 0.172. The maximum atomic E-state index is 14.8. The number of benzene rings is 4. The smallest absolute Gasteiger partial charge is 0.167 e. The second-order valence-electron chi connectivity index (χ2n) is 8.31. The van der Waals surface area contributed by atoms with Crippen LogP contribution in [0.1, 0.15) is 37.0 Å². The maximum Gasteiger partial charge on any atom is 0.167 e. The van der Waals surface area contributed by atoms with E-state index in [2.05, 4.69) is 0 Å². The summed E-state index contributed by atoms with van der Waals surface area (Å²) in [5, 5.41) is 19.4. The number of halogens is 3. The van der Waals surface area contributed by atoms with Gasteiger partial charge in [0.05, 0.1) is 6.10 Å². The topological polar surface area (TPSA) is 49.7 Å². The van der Waals surface area contributed by atoms with Crippen molar-refractivity contribution in [1.82, 2.24) is 0 Å². The predicted octanol–water partition coefficient (Wildman–Crippen LogP) is 7.56. The van der Waals surface area contributed by atoms with E-state index < -0.39 is 29.3 Å². The van der Waals surface area contributed by atoms with Crippen LogP contribution in [0, 0.1) is 17.5 Å². The fourth-order valence-electron chi connectivity index (χ4n) is 3.84. The molecule has 0 aromatic heterocycles. The Morgan fingerprint density at radius 2 is 1.43 bits per heavy atom. The van der Waals surface area contributed by atoms with Gasteiger partial charge in [0.2, 0.25) is 0 Å². The minimum Gasteiger partial charge on any atom is -0.505 e. The molecule has 0 radical (unpaired) electrons. The average molecular weight is 479 g/mol. The van der Waals surface area contributed by atoms with Crippen LogP contribution >= 0.6 is 0 Å². The molecule has 3 nitrogen and oxygen atoms in total. The summed E-state index contributed by atoms with van der Waals surface area (Å²) < 4.78 is 48.8. The van der Waals surface area contributed by atoms with Crippen molar-refractivity contribution in [3.05, 3.63) is 107 Å². The third-order valence-corrected chi connectivity index (χ3v) is 5.86. The molecule has 1 unspecified atom stereocenters. The van der Waals surface area contributed by atoms with Crippen LogP contribution in [-0.4, -0.2) is 10.2 Å². The summed E-state index contributed by atoms with van der Waals surface area (Å²) in [6, 6.07) is 20.6. The van der Waals surface area contributed by atoms with Crippen molar-refractivity contribution in [2.24, 2.45) is 0 Å². The molecule has 0 saturated carbocycles. The first-order valence-electron chi connectivity index (χ1n) is 11.3. The Hall–Kier alpha value is -3.77. The van der Waals surface area contributed by atoms with Gasteiger partial charge >= 0.3 is 0 Å². The van der Waals surface area contributed by atoms with Gasteiger partial charge in [0.1, 0.15) is 12.4 Å². The number of aliphatic hydroxyl groups excluding tert-OH is 1. The molecule has 0 saturated heterocycles. The molecule has 1 atom stereocenters. The lowest BCUT2D eigenvalue weighted by molar-refractivity contribution is 0.166. The lowest BCUT2D eigenvalue weighted by Crippen LogP contribution is -2.02. The van der Waals surface area contributed by atoms with E-state index in [9.17, 15) is 23.4 Å². The van der Waals surface area contributed by atoms with Crippen LogP contribution < -0.4 is 4.74 Å². The molecule has 6 heteroatoms. The Morgan fingerprint density at radius 3 is 2.09 bits per heavy atom. The molecule has 0 fully saturated rings. The SMILES string of the molecule is CCCC(O)c1ccc(-c2ccc(COc3ccc(-c4ccc(O)c(F)c4)cc3)c(F)c2F)cc1. The highest BCUT2D eigenvalue weighted by Crippen LogP contribution is 2.30. The molecule has 0 heterocycles. The quantitative estimate of drug-likeness (QED) is 0.275. The number of ether oxygens (including phenoxy) is 1. The molecule has 4 rings (SSSR count). The largest absolute Gasteiger partial charge is 0.505 e. The number of hydrogen-bond acceptors (Lipinski definition) is 3. The number of aliphatic hydroxyl groups is 1. The Balaban J connectivity index is 1.45. The summed E-state index contributed by atoms with van der Waals surface area (Å²) in [6.45, 7) is 1.81. The van der Waals surface area contributed by atoms with Gasteiger partial charge in [-0.15, -0.1) is 0 Å². The summed E-state index contributed by atoms with van der Waals surface area (Å²) in [5.74, 6) is -2.63. The van der Waals surface area contributed by atoms with E-state index in [0.29, 0.717) is 28.9 Å². The third-order valence-electron chi connectivity index (χ3n) is 5.86. The fourth-order valence-corrected chi connectivity index (χ4v) is 3.84. The van der Waals surface area contributed by atoms with Crippen LogP contribution in [0.15, 0.2) is 78.9 Å². The van der Waals surface area contributed by atoms with E-state index in [1.54, 1.807) is 54.6 Å². The van der Waals surface area contributed by atoms with Gasteiger partial charge in [-0.2, -0.15) is 0 Å². The minimum atomic E-state index is -0.978. The minimum absolute atomic E-state index is 0.0749. The number of aromatic hydroxyl groups is 1. The Labute approximate surface area is 202 Å². The van der Waals surface area contributed by atoms with Gasteiger partial charge in [-0.3, -0.25) is 0 Å². The lowest BCUT2D eigenvalue weighted by atomic mass is 9.98. The normalized spacial score (nSPS) is 11.9. The highest BCUT2D eigenvalue weighted by molar-refractivity contribution is 5.66. The van der Waals surface area contributed by atoms with Crippen LogP contribution in [0.4, 0.5) is 13.2 Å². The van der Waals surface area contributed by atoms with Crippen molar-refractivity contribution >= 4 is 0 Å². The monoisotopic (exact) mass is 478 g/mol. The second-order valence-corrected chi connectivity index (χ2v) is 8.31. The zero-order valence-corrected chi connectivity index (χ0v) is 19.1. The highest BCUT2D eigenvalue weighted by atomic mass is 19.2. The van der Waals surface area contributed by atoms with Crippen LogP contribution in [0.25, 0.3) is 22.3 Å². The van der Waals surface area contributed by atoms with Gasteiger partial charge in [0, 0.05) is 11.1 Å². The standard InChI is InChI=1S/C29H25F3O3/c1-2-3-26(33)20-6-4-19(5-7-20)24-14-10-22(28(31)29(24)32)17-35-23-12-8-18(9-13-23)21-11-15-27(34)25(30)16-21/h4-16,26,33-34H,2-3,17H2,1H3. The first kappa shape index (κ1) is 24.4. The molecule has 35 heavy (non-hydrogen) atoms. The molecule has 180 valence electrons. The van der Waals surface area contributed by atoms with Crippen molar-refractivity contribution < 1.29 is 28.1 Å². The molecule has 4 aromatic carbocycles. The summed E-state index contributed by atoms with van der Waals surface area (Å²) in [6.07, 6.45) is 0.899. The van der Waals surface area contributed by atoms with Gasteiger partial charge < -0.3 is 14.9 Å². The van der Waals surface area contributed by atoms with Crippen LogP contribution in [0.2, 0.25) is 0 Å². The number of phenols is 1. The van der Waals surface area contributed by atoms with E-state index in [-0.39, 0.29) is 17.7 Å². The van der Waals surface area contributed by atoms with Gasteiger partial charge in [-0.1, -0.05) is 67.9 Å². The molecule has 0 aliphatic heterocycles. The molecule has 0 bridgehead atoms. The first-order chi connectivity index (χ1) is 16.9. The van der Waals surface area contributed by atoms with E-state index in [0.717, 1.165) is 12.0 Å². The molecular weight excluding hydrogens is 453 g/mol. The Kier molecular flexibility index (Phi) is 7.42. The van der Waals surface area contributed by atoms with Crippen molar-refractivity contribution in [3.8, 4) is 33.8 Å². The van der Waals surface area contributed by atoms with E-state index in [1.165, 1.54) is 24.3 Å². The summed E-state index contributed by atoms with van der Waals surface area (Å²) in [5.41, 5.74) is 2.76. The van der Waals surface area contributed by atoms with Crippen molar-refractivity contribution in [2.75, 3.05) is 0 Å². The van der Waals surface area contributed by atoms with Gasteiger partial charge in [0.25, 0.3) is 0 Å². The zero-order valence-electron chi connectivity index (χ0n) is 19.1. The van der Waals surface area contributed by atoms with E-state index in [1.807, 2.05) is 6.92 Å². The third kappa shape index (κ3) is 5.49. The number of phenolic OH excluding ortho intramolecular Hbond substituents is 1. The molecule has 2 N–H and O–H groups in total. The van der Waals surface area contributed by atoms with Gasteiger partial charge in [-0.25, -0.2) is 13.2 Å². The summed E-state index contributed by atoms with van der Waals surface area (Å²) in [7, 11) is 0. The van der Waals surface area contributed by atoms with Crippen LogP contribution in [-0.2, 0) is 6.61 Å². The highest BCUT2D eigenvalue weighted by Gasteiger charge is 2.16. The van der Waals surface area contributed by atoms with Crippen molar-refractivity contribution in [3.63, 3.8) is 0 Å². The second kappa shape index (κ2) is 10.7. The number of hydrogen-bond donors (Lipinski definition) is 2.